The number of hydrogen-bond donors (Lipinski definition) is 1. The number of para-hydroxylation sites is 1. The zero-order valence-electron chi connectivity index (χ0n) is 14.0. The minimum absolute atomic E-state index is 0.0471. The lowest BCUT2D eigenvalue weighted by Gasteiger charge is -2.32. The van der Waals surface area contributed by atoms with Crippen LogP contribution in [0.4, 0.5) is 0 Å². The second-order valence-corrected chi connectivity index (χ2v) is 7.14. The van der Waals surface area contributed by atoms with Crippen LogP contribution in [0.3, 0.4) is 0 Å². The summed E-state index contributed by atoms with van der Waals surface area (Å²) in [5.74, 6) is 0.641. The molecule has 5 heteroatoms. The maximum absolute atomic E-state index is 12.3. The van der Waals surface area contributed by atoms with Gasteiger partial charge in [0.05, 0.1) is 6.04 Å². The van der Waals surface area contributed by atoms with Crippen molar-refractivity contribution in [3.63, 3.8) is 0 Å². The predicted octanol–water partition coefficient (Wildman–Crippen LogP) is 3.47. The summed E-state index contributed by atoms with van der Waals surface area (Å²) in [6, 6.07) is 14.0. The molecule has 0 bridgehead atoms. The Morgan fingerprint density at radius 2 is 1.96 bits per heavy atom. The van der Waals surface area contributed by atoms with Gasteiger partial charge in [0.15, 0.2) is 6.61 Å². The van der Waals surface area contributed by atoms with Crippen LogP contribution in [0.5, 0.6) is 5.75 Å². The molecule has 1 aliphatic heterocycles. The van der Waals surface area contributed by atoms with Crippen molar-refractivity contribution in [1.29, 1.82) is 0 Å². The average molecular weight is 344 g/mol. The number of benzene rings is 1. The standard InChI is InChI=1S/C19H24N2O2S/c1-15(20-18(22)14-23-16-8-3-2-4-9-16)19(17-10-7-13-24-17)21-11-5-6-12-21/h2-4,7-10,13,15,19H,5-6,11-12,14H2,1H3,(H,20,22)/t15-,19-/m0/s1. The summed E-state index contributed by atoms with van der Waals surface area (Å²) in [5.41, 5.74) is 0. The van der Waals surface area contributed by atoms with Crippen LogP contribution in [0.25, 0.3) is 0 Å². The molecule has 0 aliphatic carbocycles. The van der Waals surface area contributed by atoms with Crippen molar-refractivity contribution >= 4 is 17.2 Å². The maximum atomic E-state index is 12.3. The number of amides is 1. The van der Waals surface area contributed by atoms with E-state index in [0.29, 0.717) is 0 Å². The summed E-state index contributed by atoms with van der Waals surface area (Å²) in [5, 5.41) is 5.22. The van der Waals surface area contributed by atoms with E-state index in [0.717, 1.165) is 18.8 Å². The van der Waals surface area contributed by atoms with Crippen LogP contribution in [0.2, 0.25) is 0 Å². The minimum atomic E-state index is -0.0768. The largest absolute Gasteiger partial charge is 0.484 e. The first-order valence-electron chi connectivity index (χ1n) is 8.49. The molecule has 1 aliphatic rings. The number of carbonyl (C=O) groups excluding carboxylic acids is 1. The predicted molar refractivity (Wildman–Crippen MR) is 97.4 cm³/mol. The van der Waals surface area contributed by atoms with Gasteiger partial charge in [-0.2, -0.15) is 0 Å². The Balaban J connectivity index is 1.58. The molecule has 2 atom stereocenters. The van der Waals surface area contributed by atoms with Gasteiger partial charge in [0.25, 0.3) is 5.91 Å². The average Bonchev–Trinajstić information content (AvgIpc) is 3.29. The molecular formula is C19H24N2O2S. The van der Waals surface area contributed by atoms with Gasteiger partial charge in [-0.25, -0.2) is 0 Å². The third-order valence-electron chi connectivity index (χ3n) is 4.34. The molecule has 128 valence electrons. The van der Waals surface area contributed by atoms with Crippen LogP contribution in [-0.4, -0.2) is 36.5 Å². The van der Waals surface area contributed by atoms with Crippen LogP contribution in [0, 0.1) is 0 Å². The molecule has 3 rings (SSSR count). The number of nitrogens with zero attached hydrogens (tertiary/aromatic N) is 1. The van der Waals surface area contributed by atoms with Crippen molar-refractivity contribution in [2.24, 2.45) is 0 Å². The fraction of sp³-hybridized carbons (Fsp3) is 0.421. The van der Waals surface area contributed by atoms with Gasteiger partial charge in [-0.1, -0.05) is 24.3 Å². The second-order valence-electron chi connectivity index (χ2n) is 6.16. The molecule has 0 spiro atoms. The highest BCUT2D eigenvalue weighted by molar-refractivity contribution is 7.10. The quantitative estimate of drug-likeness (QED) is 0.836. The van der Waals surface area contributed by atoms with Crippen molar-refractivity contribution < 1.29 is 9.53 Å². The van der Waals surface area contributed by atoms with Gasteiger partial charge in [0.1, 0.15) is 5.75 Å². The molecule has 2 heterocycles. The van der Waals surface area contributed by atoms with Crippen LogP contribution in [0.15, 0.2) is 47.8 Å². The van der Waals surface area contributed by atoms with E-state index >= 15 is 0 Å². The lowest BCUT2D eigenvalue weighted by molar-refractivity contribution is -0.124. The summed E-state index contributed by atoms with van der Waals surface area (Å²) in [4.78, 5) is 16.1. The zero-order valence-corrected chi connectivity index (χ0v) is 14.8. The Labute approximate surface area is 147 Å². The first-order valence-corrected chi connectivity index (χ1v) is 9.36. The van der Waals surface area contributed by atoms with E-state index in [2.05, 4.69) is 34.7 Å². The minimum Gasteiger partial charge on any atom is -0.484 e. The third-order valence-corrected chi connectivity index (χ3v) is 5.29. The van der Waals surface area contributed by atoms with Crippen LogP contribution >= 0.6 is 11.3 Å². The van der Waals surface area contributed by atoms with E-state index < -0.39 is 0 Å². The number of carbonyl (C=O) groups is 1. The normalized spacial score (nSPS) is 17.4. The lowest BCUT2D eigenvalue weighted by atomic mass is 10.1. The lowest BCUT2D eigenvalue weighted by Crippen LogP contribution is -2.45. The van der Waals surface area contributed by atoms with E-state index in [1.165, 1.54) is 17.7 Å². The molecule has 0 radical (unpaired) electrons. The Hall–Kier alpha value is -1.85. The molecule has 1 aromatic heterocycles. The Bertz CT molecular complexity index is 624. The molecule has 1 N–H and O–H groups in total. The van der Waals surface area contributed by atoms with E-state index in [-0.39, 0.29) is 24.6 Å². The molecule has 0 unspecified atom stereocenters. The molecule has 1 saturated heterocycles. The molecule has 1 fully saturated rings. The number of thiophene rings is 1. The van der Waals surface area contributed by atoms with Gasteiger partial charge in [-0.15, -0.1) is 11.3 Å². The first kappa shape index (κ1) is 17.0. The highest BCUT2D eigenvalue weighted by Crippen LogP contribution is 2.31. The van der Waals surface area contributed by atoms with Gasteiger partial charge >= 0.3 is 0 Å². The van der Waals surface area contributed by atoms with Gasteiger partial charge in [-0.05, 0) is 56.4 Å². The SMILES string of the molecule is C[C@H](NC(=O)COc1ccccc1)[C@@H](c1cccs1)N1CCCC1. The number of hydrogen-bond acceptors (Lipinski definition) is 4. The number of nitrogens with one attached hydrogen (secondary N) is 1. The number of ether oxygens (including phenoxy) is 1. The van der Waals surface area contributed by atoms with Gasteiger partial charge in [-0.3, -0.25) is 9.69 Å². The fourth-order valence-corrected chi connectivity index (χ4v) is 4.23. The summed E-state index contributed by atoms with van der Waals surface area (Å²) in [7, 11) is 0. The van der Waals surface area contributed by atoms with Gasteiger partial charge < -0.3 is 10.1 Å². The summed E-state index contributed by atoms with van der Waals surface area (Å²) in [6.45, 7) is 4.33. The van der Waals surface area contributed by atoms with Crippen molar-refractivity contribution in [2.45, 2.75) is 31.8 Å². The van der Waals surface area contributed by atoms with E-state index in [4.69, 9.17) is 4.74 Å². The van der Waals surface area contributed by atoms with Crippen LogP contribution < -0.4 is 10.1 Å². The number of likely N-dealkylation sites (tertiary alicyclic amines) is 1. The Kier molecular flexibility index (Phi) is 5.88. The van der Waals surface area contributed by atoms with Crippen molar-refractivity contribution in [3.8, 4) is 5.75 Å². The van der Waals surface area contributed by atoms with E-state index in [9.17, 15) is 4.79 Å². The Morgan fingerprint density at radius 1 is 1.21 bits per heavy atom. The van der Waals surface area contributed by atoms with Crippen LogP contribution in [0.1, 0.15) is 30.7 Å². The second kappa shape index (κ2) is 8.31. The summed E-state index contributed by atoms with van der Waals surface area (Å²) in [6.07, 6.45) is 2.47. The van der Waals surface area contributed by atoms with Crippen molar-refractivity contribution in [1.82, 2.24) is 10.2 Å². The van der Waals surface area contributed by atoms with Crippen molar-refractivity contribution in [3.05, 3.63) is 52.7 Å². The van der Waals surface area contributed by atoms with E-state index in [1.54, 1.807) is 11.3 Å². The maximum Gasteiger partial charge on any atom is 0.258 e. The first-order chi connectivity index (χ1) is 11.7. The molecule has 2 aromatic rings. The monoisotopic (exact) mass is 344 g/mol. The molecule has 1 amide bonds. The molecule has 24 heavy (non-hydrogen) atoms. The smallest absolute Gasteiger partial charge is 0.258 e. The third kappa shape index (κ3) is 4.36. The van der Waals surface area contributed by atoms with Gasteiger partial charge in [0.2, 0.25) is 0 Å². The van der Waals surface area contributed by atoms with Gasteiger partial charge in [0, 0.05) is 10.9 Å². The molecule has 4 nitrogen and oxygen atoms in total. The molecular weight excluding hydrogens is 320 g/mol. The highest BCUT2D eigenvalue weighted by Gasteiger charge is 2.29. The highest BCUT2D eigenvalue weighted by atomic mass is 32.1. The van der Waals surface area contributed by atoms with E-state index in [1.807, 2.05) is 30.3 Å². The van der Waals surface area contributed by atoms with Crippen molar-refractivity contribution in [2.75, 3.05) is 19.7 Å². The summed E-state index contributed by atoms with van der Waals surface area (Å²) >= 11 is 1.76. The zero-order chi connectivity index (χ0) is 16.8. The Morgan fingerprint density at radius 3 is 2.62 bits per heavy atom. The fourth-order valence-electron chi connectivity index (χ4n) is 3.26. The van der Waals surface area contributed by atoms with Crippen LogP contribution in [-0.2, 0) is 4.79 Å². The topological polar surface area (TPSA) is 41.6 Å². The summed E-state index contributed by atoms with van der Waals surface area (Å²) < 4.78 is 5.54. The molecule has 1 aromatic carbocycles. The molecule has 0 saturated carbocycles. The number of rotatable bonds is 7.